The van der Waals surface area contributed by atoms with Gasteiger partial charge in [-0.2, -0.15) is 5.26 Å². The number of aromatic nitrogens is 1. The largest absolute Gasteiger partial charge is 0.442 e. The minimum Gasteiger partial charge on any atom is -0.442 e. The Kier molecular flexibility index (Phi) is 2.77. The summed E-state index contributed by atoms with van der Waals surface area (Å²) in [5, 5.41) is 9.86. The molecule has 1 aromatic carbocycles. The second kappa shape index (κ2) is 4.59. The van der Waals surface area contributed by atoms with E-state index in [4.69, 9.17) is 20.1 Å². The third kappa shape index (κ3) is 1.84. The van der Waals surface area contributed by atoms with Gasteiger partial charge in [-0.15, -0.1) is 0 Å². The molecule has 0 aliphatic heterocycles. The molecule has 0 unspecified atom stereocenters. The van der Waals surface area contributed by atoms with E-state index in [9.17, 15) is 0 Å². The lowest BCUT2D eigenvalue weighted by molar-refractivity contribution is 0.452. The number of furan rings is 1. The molecule has 98 valence electrons. The summed E-state index contributed by atoms with van der Waals surface area (Å²) in [4.78, 5) is 4.10. The Balaban J connectivity index is 2.15. The summed E-state index contributed by atoms with van der Waals surface area (Å²) in [6, 6.07) is 11.0. The van der Waals surface area contributed by atoms with Crippen molar-refractivity contribution in [2.24, 2.45) is 0 Å². The van der Waals surface area contributed by atoms with Crippen molar-refractivity contribution in [3.8, 4) is 17.7 Å². The topological polar surface area (TPSA) is 85.1 Å². The highest BCUT2D eigenvalue weighted by Crippen LogP contribution is 2.37. The molecule has 0 amide bonds. The molecule has 0 atom stereocenters. The lowest BCUT2D eigenvalue weighted by Gasteiger charge is -2.07. The number of anilines is 1. The Bertz CT molecular complexity index is 831. The van der Waals surface area contributed by atoms with Gasteiger partial charge in [0.05, 0.1) is 11.1 Å². The number of nitriles is 1. The molecular weight excluding hydrogens is 254 g/mol. The monoisotopic (exact) mass is 265 g/mol. The van der Waals surface area contributed by atoms with Gasteiger partial charge in [0.2, 0.25) is 11.6 Å². The third-order valence-corrected chi connectivity index (χ3v) is 3.02. The summed E-state index contributed by atoms with van der Waals surface area (Å²) in [7, 11) is 0. The first-order valence-electron chi connectivity index (χ1n) is 6.01. The molecule has 3 rings (SSSR count). The van der Waals surface area contributed by atoms with Gasteiger partial charge < -0.3 is 14.9 Å². The summed E-state index contributed by atoms with van der Waals surface area (Å²) in [6.07, 6.45) is 1.61. The molecule has 2 aromatic heterocycles. The fourth-order valence-corrected chi connectivity index (χ4v) is 1.92. The molecule has 0 saturated heterocycles. The number of para-hydroxylation sites is 1. The second-order valence-corrected chi connectivity index (χ2v) is 4.32. The van der Waals surface area contributed by atoms with Crippen LogP contribution in [0.4, 0.5) is 5.69 Å². The van der Waals surface area contributed by atoms with E-state index in [1.807, 2.05) is 31.2 Å². The summed E-state index contributed by atoms with van der Waals surface area (Å²) >= 11 is 0. The highest BCUT2D eigenvalue weighted by Gasteiger charge is 2.17. The van der Waals surface area contributed by atoms with E-state index in [-0.39, 0.29) is 11.6 Å². The number of pyridine rings is 1. The Morgan fingerprint density at radius 1 is 1.30 bits per heavy atom. The number of fused-ring (bicyclic) bond motifs is 1. The molecule has 0 fully saturated rings. The molecular formula is C15H11N3O2. The molecule has 20 heavy (non-hydrogen) atoms. The van der Waals surface area contributed by atoms with Gasteiger partial charge in [0.25, 0.3) is 0 Å². The standard InChI is InChI=1S/C15H11N3O2/c1-9-6-7-18-15(13(9)17)20-14-10-4-2-3-5-11(10)19-12(14)8-16/h2-7H,17H2,1H3. The van der Waals surface area contributed by atoms with Crippen molar-refractivity contribution < 1.29 is 9.15 Å². The van der Waals surface area contributed by atoms with Crippen LogP contribution in [0.5, 0.6) is 11.6 Å². The van der Waals surface area contributed by atoms with E-state index in [0.717, 1.165) is 5.56 Å². The molecule has 0 radical (unpaired) electrons. The number of nitrogen functional groups attached to an aromatic ring is 1. The average Bonchev–Trinajstić information content (AvgIpc) is 2.82. The van der Waals surface area contributed by atoms with Crippen LogP contribution in [0.15, 0.2) is 40.9 Å². The average molecular weight is 265 g/mol. The zero-order valence-corrected chi connectivity index (χ0v) is 10.8. The summed E-state index contributed by atoms with van der Waals surface area (Å²) < 4.78 is 11.1. The number of benzene rings is 1. The molecule has 0 saturated carbocycles. The number of nitrogens with zero attached hydrogens (tertiary/aromatic N) is 2. The lowest BCUT2D eigenvalue weighted by Crippen LogP contribution is -1.97. The Labute approximate surface area is 115 Å². The first-order valence-corrected chi connectivity index (χ1v) is 6.01. The molecule has 5 nitrogen and oxygen atoms in total. The normalized spacial score (nSPS) is 10.4. The van der Waals surface area contributed by atoms with Crippen LogP contribution in [-0.4, -0.2) is 4.98 Å². The van der Waals surface area contributed by atoms with Gasteiger partial charge in [-0.3, -0.25) is 0 Å². The smallest absolute Gasteiger partial charge is 0.247 e. The molecule has 5 heteroatoms. The van der Waals surface area contributed by atoms with Crippen molar-refractivity contribution in [1.29, 1.82) is 5.26 Å². The third-order valence-electron chi connectivity index (χ3n) is 3.02. The van der Waals surface area contributed by atoms with Crippen molar-refractivity contribution >= 4 is 16.7 Å². The minimum absolute atomic E-state index is 0.105. The number of nitrogens with two attached hydrogens (primary N) is 1. The summed E-state index contributed by atoms with van der Waals surface area (Å²) in [5.74, 6) is 0.717. The van der Waals surface area contributed by atoms with Crippen molar-refractivity contribution in [2.45, 2.75) is 6.92 Å². The van der Waals surface area contributed by atoms with Crippen LogP contribution < -0.4 is 10.5 Å². The second-order valence-electron chi connectivity index (χ2n) is 4.32. The van der Waals surface area contributed by atoms with Crippen molar-refractivity contribution in [1.82, 2.24) is 4.98 Å². The van der Waals surface area contributed by atoms with Crippen LogP contribution in [0, 0.1) is 18.3 Å². The highest BCUT2D eigenvalue weighted by molar-refractivity contribution is 5.87. The molecule has 0 aliphatic rings. The van der Waals surface area contributed by atoms with Gasteiger partial charge in [0.15, 0.2) is 5.75 Å². The first-order chi connectivity index (χ1) is 9.70. The zero-order valence-electron chi connectivity index (χ0n) is 10.8. The maximum atomic E-state index is 9.15. The summed E-state index contributed by atoms with van der Waals surface area (Å²) in [5.41, 5.74) is 7.83. The van der Waals surface area contributed by atoms with Gasteiger partial charge in [-0.25, -0.2) is 4.98 Å². The van der Waals surface area contributed by atoms with E-state index in [1.54, 1.807) is 18.3 Å². The molecule has 0 aliphatic carbocycles. The summed E-state index contributed by atoms with van der Waals surface area (Å²) in [6.45, 7) is 1.86. The van der Waals surface area contributed by atoms with E-state index in [0.29, 0.717) is 22.4 Å². The van der Waals surface area contributed by atoms with Gasteiger partial charge in [0.1, 0.15) is 11.7 Å². The Morgan fingerprint density at radius 2 is 2.10 bits per heavy atom. The van der Waals surface area contributed by atoms with Gasteiger partial charge in [-0.1, -0.05) is 12.1 Å². The fourth-order valence-electron chi connectivity index (χ4n) is 1.92. The maximum Gasteiger partial charge on any atom is 0.247 e. The number of hydrogen-bond donors (Lipinski definition) is 1. The number of rotatable bonds is 2. The van der Waals surface area contributed by atoms with Crippen LogP contribution in [0.3, 0.4) is 0 Å². The van der Waals surface area contributed by atoms with E-state index < -0.39 is 0 Å². The lowest BCUT2D eigenvalue weighted by atomic mass is 10.2. The predicted octanol–water partition coefficient (Wildman–Crippen LogP) is 3.38. The fraction of sp³-hybridized carbons (Fsp3) is 0.0667. The van der Waals surface area contributed by atoms with E-state index >= 15 is 0 Å². The highest BCUT2D eigenvalue weighted by atomic mass is 16.5. The number of ether oxygens (including phenoxy) is 1. The van der Waals surface area contributed by atoms with Crippen LogP contribution >= 0.6 is 0 Å². The Morgan fingerprint density at radius 3 is 2.90 bits per heavy atom. The van der Waals surface area contributed by atoms with Crippen molar-refractivity contribution in [3.05, 3.63) is 47.9 Å². The Hall–Kier alpha value is -3.00. The van der Waals surface area contributed by atoms with Gasteiger partial charge >= 0.3 is 0 Å². The first kappa shape index (κ1) is 12.1. The van der Waals surface area contributed by atoms with Gasteiger partial charge in [0, 0.05) is 6.20 Å². The van der Waals surface area contributed by atoms with Crippen LogP contribution in [0.25, 0.3) is 11.0 Å². The molecule has 0 spiro atoms. The molecule has 3 aromatic rings. The van der Waals surface area contributed by atoms with E-state index in [1.165, 1.54) is 0 Å². The van der Waals surface area contributed by atoms with Crippen LogP contribution in [0.1, 0.15) is 11.3 Å². The van der Waals surface area contributed by atoms with Crippen LogP contribution in [-0.2, 0) is 0 Å². The predicted molar refractivity (Wildman–Crippen MR) is 74.4 cm³/mol. The molecule has 0 bridgehead atoms. The zero-order chi connectivity index (χ0) is 14.1. The number of hydrogen-bond acceptors (Lipinski definition) is 5. The molecule has 2 N–H and O–H groups in total. The van der Waals surface area contributed by atoms with Crippen LogP contribution in [0.2, 0.25) is 0 Å². The van der Waals surface area contributed by atoms with Crippen molar-refractivity contribution in [3.63, 3.8) is 0 Å². The van der Waals surface area contributed by atoms with Gasteiger partial charge in [-0.05, 0) is 30.7 Å². The quantitative estimate of drug-likeness (QED) is 0.767. The van der Waals surface area contributed by atoms with Crippen molar-refractivity contribution in [2.75, 3.05) is 5.73 Å². The maximum absolute atomic E-state index is 9.15. The minimum atomic E-state index is 0.105. The van der Waals surface area contributed by atoms with E-state index in [2.05, 4.69) is 4.98 Å². The SMILES string of the molecule is Cc1ccnc(Oc2c(C#N)oc3ccccc23)c1N. The number of aryl methyl sites for hydroxylation is 1. The molecule has 2 heterocycles.